The minimum Gasteiger partial charge on any atom is -0.491 e. The third-order valence-electron chi connectivity index (χ3n) is 4.85. The Morgan fingerprint density at radius 3 is 2.71 bits per heavy atom. The third kappa shape index (κ3) is 4.10. The number of nitrogen functional groups attached to an aromatic ring is 2. The molecule has 0 bridgehead atoms. The molecule has 0 aliphatic carbocycles. The number of pyridine rings is 1. The zero-order valence-electron chi connectivity index (χ0n) is 16.4. The fourth-order valence-corrected chi connectivity index (χ4v) is 3.47. The number of methoxy groups -OCH3 is 1. The van der Waals surface area contributed by atoms with Gasteiger partial charge >= 0.3 is 0 Å². The van der Waals surface area contributed by atoms with Gasteiger partial charge in [-0.2, -0.15) is 0 Å². The first-order valence-corrected chi connectivity index (χ1v) is 9.99. The smallest absolute Gasteiger partial charge is 0.167 e. The Balaban J connectivity index is 1.49. The van der Waals surface area contributed by atoms with Crippen LogP contribution in [0.5, 0.6) is 5.75 Å². The van der Waals surface area contributed by atoms with E-state index in [2.05, 4.69) is 35.9 Å². The summed E-state index contributed by atoms with van der Waals surface area (Å²) in [5, 5.41) is 22.3. The van der Waals surface area contributed by atoms with Gasteiger partial charge in [0.05, 0.1) is 9.99 Å². The van der Waals surface area contributed by atoms with E-state index in [-0.39, 0.29) is 12.4 Å². The Morgan fingerprint density at radius 1 is 1.13 bits per heavy atom. The normalized spacial score (nSPS) is 14.6. The molecule has 2 aliphatic rings. The average molecular weight is 490 g/mol. The van der Waals surface area contributed by atoms with Crippen molar-refractivity contribution in [1.29, 1.82) is 0 Å². The van der Waals surface area contributed by atoms with Crippen molar-refractivity contribution in [3.05, 3.63) is 41.4 Å². The second kappa shape index (κ2) is 8.59. The van der Waals surface area contributed by atoms with E-state index in [0.717, 1.165) is 5.39 Å². The highest BCUT2D eigenvalue weighted by atomic mass is 79.9. The number of benzene rings is 1. The van der Waals surface area contributed by atoms with Gasteiger partial charge in [0.1, 0.15) is 48.7 Å². The van der Waals surface area contributed by atoms with Crippen molar-refractivity contribution in [2.24, 2.45) is 0 Å². The molecule has 0 unspecified atom stereocenters. The number of anilines is 2. The number of nitrogens with two attached hydrogens (primary N) is 2. The van der Waals surface area contributed by atoms with Gasteiger partial charge in [0.25, 0.3) is 0 Å². The van der Waals surface area contributed by atoms with E-state index in [9.17, 15) is 10.2 Å². The lowest BCUT2D eigenvalue weighted by Gasteiger charge is -2.28. The van der Waals surface area contributed by atoms with Crippen molar-refractivity contribution in [1.82, 2.24) is 24.5 Å². The Hall–Kier alpha value is -3.06. The molecule has 0 saturated heterocycles. The first-order chi connectivity index (χ1) is 14.9. The van der Waals surface area contributed by atoms with Crippen LogP contribution in [-0.2, 0) is 4.74 Å². The highest BCUT2D eigenvalue weighted by Gasteiger charge is 2.31. The molecule has 0 radical (unpaired) electrons. The molecule has 0 spiro atoms. The van der Waals surface area contributed by atoms with Crippen LogP contribution in [0.15, 0.2) is 41.4 Å². The Morgan fingerprint density at radius 2 is 1.94 bits per heavy atom. The molecule has 162 valence electrons. The predicted molar refractivity (Wildman–Crippen MR) is 116 cm³/mol. The molecule has 2 aliphatic heterocycles. The van der Waals surface area contributed by atoms with Crippen LogP contribution in [-0.4, -0.2) is 60.6 Å². The molecule has 4 rings (SSSR count). The summed E-state index contributed by atoms with van der Waals surface area (Å²) in [6.45, 7) is -0.0367. The Kier molecular flexibility index (Phi) is 5.87. The van der Waals surface area contributed by atoms with Crippen LogP contribution in [0.2, 0.25) is 0 Å². The van der Waals surface area contributed by atoms with E-state index < -0.39 is 18.4 Å². The molecule has 1 aromatic carbocycles. The van der Waals surface area contributed by atoms with E-state index in [1.165, 1.54) is 24.3 Å². The number of aromatic nitrogens is 5. The van der Waals surface area contributed by atoms with Crippen molar-refractivity contribution in [2.75, 3.05) is 25.2 Å². The first-order valence-electron chi connectivity index (χ1n) is 9.19. The fourth-order valence-electron chi connectivity index (χ4n) is 3.13. The number of aliphatic hydroxyl groups is 2. The monoisotopic (exact) mass is 489 g/mol. The lowest BCUT2D eigenvalue weighted by molar-refractivity contribution is -0.114. The van der Waals surface area contributed by atoms with Crippen molar-refractivity contribution in [2.45, 2.75) is 18.4 Å². The van der Waals surface area contributed by atoms with Crippen LogP contribution in [0.3, 0.4) is 0 Å². The highest BCUT2D eigenvalue weighted by Crippen LogP contribution is 2.28. The lowest BCUT2D eigenvalue weighted by atomic mass is 10.1. The summed E-state index contributed by atoms with van der Waals surface area (Å²) in [4.78, 5) is 16.4. The largest absolute Gasteiger partial charge is 0.491 e. The van der Waals surface area contributed by atoms with Gasteiger partial charge in [-0.3, -0.25) is 4.57 Å². The van der Waals surface area contributed by atoms with Crippen LogP contribution in [0.4, 0.5) is 11.6 Å². The van der Waals surface area contributed by atoms with Gasteiger partial charge in [-0.1, -0.05) is 0 Å². The first kappa shape index (κ1) is 21.2. The number of nitrogens with zero attached hydrogens (tertiary/aromatic N) is 5. The molecule has 0 amide bonds. The highest BCUT2D eigenvalue weighted by molar-refractivity contribution is 9.10. The molecule has 31 heavy (non-hydrogen) atoms. The number of imidazole rings is 1. The molecular weight excluding hydrogens is 470 g/mol. The quantitative estimate of drug-likeness (QED) is 0.295. The van der Waals surface area contributed by atoms with Crippen molar-refractivity contribution >= 4 is 38.5 Å². The van der Waals surface area contributed by atoms with E-state index in [1.807, 2.05) is 12.1 Å². The third-order valence-corrected chi connectivity index (χ3v) is 5.48. The number of fused-ring (bicyclic) bond motifs is 2. The molecular formula is C19H20BrN7O4. The van der Waals surface area contributed by atoms with Crippen LogP contribution in [0.1, 0.15) is 6.23 Å². The summed E-state index contributed by atoms with van der Waals surface area (Å²) in [6, 6.07) is 7.21. The average Bonchev–Trinajstić information content (AvgIpc) is 3.25. The minimum atomic E-state index is -1.42. The van der Waals surface area contributed by atoms with Crippen LogP contribution >= 0.6 is 15.9 Å². The second-order valence-electron chi connectivity index (χ2n) is 6.78. The van der Waals surface area contributed by atoms with Gasteiger partial charge in [-0.15, -0.1) is 0 Å². The molecule has 12 heteroatoms. The molecule has 11 nitrogen and oxygen atoms in total. The summed E-state index contributed by atoms with van der Waals surface area (Å²) < 4.78 is 13.1. The van der Waals surface area contributed by atoms with Crippen molar-refractivity contribution < 1.29 is 19.7 Å². The summed E-state index contributed by atoms with van der Waals surface area (Å²) in [5.41, 5.74) is 12.6. The molecule has 3 atom stereocenters. The number of hydrogen-bond donors (Lipinski definition) is 4. The van der Waals surface area contributed by atoms with E-state index in [4.69, 9.17) is 20.9 Å². The van der Waals surface area contributed by atoms with Crippen LogP contribution in [0.25, 0.3) is 22.4 Å². The maximum absolute atomic E-state index is 10.7. The lowest BCUT2D eigenvalue weighted by Crippen LogP contribution is -2.40. The summed E-state index contributed by atoms with van der Waals surface area (Å²) in [5.74, 6) is 1.35. The summed E-state index contributed by atoms with van der Waals surface area (Å²) in [7, 11) is 1.41. The molecule has 2 aromatic rings. The standard InChI is InChI=1S/C19H20BrN7O4/c1-30-13(6-31-10-3-2-9-4-11(20)16(21)26-12(9)5-10)15(28)19(29)27-8-25-17(22)14-18(27)24-7-23-14/h2-5,7-8,13,15,19,28-29H,6,22H2,1H3,(H2,21,26)/t13-,15-,19-/m1/s1. The maximum Gasteiger partial charge on any atom is 0.167 e. The van der Waals surface area contributed by atoms with Crippen LogP contribution in [0, 0.1) is 0 Å². The fraction of sp³-hybridized carbons (Fsp3) is 0.263. The summed E-state index contributed by atoms with van der Waals surface area (Å²) >= 11 is 3.35. The second-order valence-corrected chi connectivity index (χ2v) is 7.64. The Bertz CT molecular complexity index is 1190. The predicted octanol–water partition coefficient (Wildman–Crippen LogP) is 1.20. The zero-order valence-corrected chi connectivity index (χ0v) is 18.0. The number of rotatable bonds is 7. The number of halogens is 1. The van der Waals surface area contributed by atoms with Gasteiger partial charge in [-0.25, -0.2) is 19.9 Å². The zero-order chi connectivity index (χ0) is 22.1. The number of ether oxygens (including phenoxy) is 2. The Labute approximate surface area is 185 Å². The molecule has 0 saturated carbocycles. The molecule has 3 heterocycles. The number of aliphatic hydroxyl groups excluding tert-OH is 2. The van der Waals surface area contributed by atoms with E-state index in [1.54, 1.807) is 12.1 Å². The van der Waals surface area contributed by atoms with Gasteiger partial charge in [0.2, 0.25) is 0 Å². The van der Waals surface area contributed by atoms with Gasteiger partial charge in [0, 0.05) is 18.6 Å². The van der Waals surface area contributed by atoms with E-state index >= 15 is 0 Å². The number of hydrogen-bond acceptors (Lipinski definition) is 10. The maximum atomic E-state index is 10.7. The SMILES string of the molecule is CO[C@H](COc1ccc2cc(Br)c(N)nc2c1)[C@@H](O)[C@@H](O)n1cnc(N)c2ncnc1-2. The topological polar surface area (TPSA) is 167 Å². The van der Waals surface area contributed by atoms with E-state index in [0.29, 0.717) is 33.1 Å². The van der Waals surface area contributed by atoms with Gasteiger partial charge in [-0.05, 0) is 34.1 Å². The molecule has 6 N–H and O–H groups in total. The van der Waals surface area contributed by atoms with Gasteiger partial charge in [0.15, 0.2) is 17.9 Å². The molecule has 0 fully saturated rings. The van der Waals surface area contributed by atoms with Gasteiger partial charge < -0.3 is 31.2 Å². The minimum absolute atomic E-state index is 0.0367. The van der Waals surface area contributed by atoms with Crippen LogP contribution < -0.4 is 16.2 Å². The summed E-state index contributed by atoms with van der Waals surface area (Å²) in [6.07, 6.45) is -1.06. The van der Waals surface area contributed by atoms with Crippen molar-refractivity contribution in [3.63, 3.8) is 0 Å². The van der Waals surface area contributed by atoms with Crippen molar-refractivity contribution in [3.8, 4) is 17.3 Å². The molecule has 1 aromatic heterocycles.